The first-order valence-electron chi connectivity index (χ1n) is 9.76. The molecule has 0 aliphatic rings. The third-order valence-corrected chi connectivity index (χ3v) is 5.87. The summed E-state index contributed by atoms with van der Waals surface area (Å²) in [6.45, 7) is 8.01. The molecule has 0 aliphatic carbocycles. The minimum absolute atomic E-state index is 0.171. The summed E-state index contributed by atoms with van der Waals surface area (Å²) in [6.07, 6.45) is 4.71. The van der Waals surface area contributed by atoms with Crippen LogP contribution in [0.5, 0.6) is 11.5 Å². The average Bonchev–Trinajstić information content (AvgIpc) is 2.65. The van der Waals surface area contributed by atoms with Gasteiger partial charge in [0.05, 0.1) is 6.10 Å². The van der Waals surface area contributed by atoms with Crippen LogP contribution in [0.4, 0.5) is 0 Å². The Kier molecular flexibility index (Phi) is 8.40. The van der Waals surface area contributed by atoms with Gasteiger partial charge >= 0.3 is 7.82 Å². The van der Waals surface area contributed by atoms with Crippen molar-refractivity contribution in [3.63, 3.8) is 0 Å². The zero-order valence-corrected chi connectivity index (χ0v) is 17.7. The lowest BCUT2D eigenvalue weighted by molar-refractivity contribution is 0.129. The minimum atomic E-state index is -3.84. The maximum absolute atomic E-state index is 13.6. The molecule has 0 saturated carbocycles. The standard InChI is InChI=1S/C22H31O4P/c1-5-7-8-15-20(6-2)24-27(23,25-21-16-11-9-13-18(21)3)26-22-17-12-10-14-19(22)4/h9-14,16-17,20H,5-8,15H2,1-4H3. The minimum Gasteiger partial charge on any atom is -0.395 e. The van der Waals surface area contributed by atoms with Crippen LogP contribution in [0.1, 0.15) is 57.1 Å². The van der Waals surface area contributed by atoms with Crippen molar-refractivity contribution in [2.45, 2.75) is 65.9 Å². The smallest absolute Gasteiger partial charge is 0.395 e. The molecule has 0 amide bonds. The summed E-state index contributed by atoms with van der Waals surface area (Å²) < 4.78 is 31.2. The van der Waals surface area contributed by atoms with Crippen LogP contribution in [0, 0.1) is 13.8 Å². The number of hydrogen-bond acceptors (Lipinski definition) is 4. The van der Waals surface area contributed by atoms with E-state index in [4.69, 9.17) is 13.6 Å². The monoisotopic (exact) mass is 390 g/mol. The number of hydrogen-bond donors (Lipinski definition) is 0. The number of phosphoric ester groups is 1. The number of aryl methyl sites for hydroxylation is 2. The van der Waals surface area contributed by atoms with E-state index < -0.39 is 7.82 Å². The Labute approximate surface area is 163 Å². The van der Waals surface area contributed by atoms with E-state index in [2.05, 4.69) is 6.92 Å². The second-order valence-electron chi connectivity index (χ2n) is 6.79. The Morgan fingerprint density at radius 2 is 1.37 bits per heavy atom. The molecule has 0 spiro atoms. The van der Waals surface area contributed by atoms with Crippen LogP contribution in [0.3, 0.4) is 0 Å². The summed E-state index contributed by atoms with van der Waals surface area (Å²) in [5.74, 6) is 1.02. The second-order valence-corrected chi connectivity index (χ2v) is 8.26. The molecular weight excluding hydrogens is 359 g/mol. The first kappa shape index (κ1) is 21.5. The highest BCUT2D eigenvalue weighted by atomic mass is 31.2. The van der Waals surface area contributed by atoms with Gasteiger partial charge < -0.3 is 9.05 Å². The Hall–Kier alpha value is -1.77. The number of para-hydroxylation sites is 2. The molecule has 0 aliphatic heterocycles. The van der Waals surface area contributed by atoms with Gasteiger partial charge in [-0.15, -0.1) is 0 Å². The third-order valence-electron chi connectivity index (χ3n) is 4.47. The van der Waals surface area contributed by atoms with Gasteiger partial charge in [-0.25, -0.2) is 4.57 Å². The van der Waals surface area contributed by atoms with Crippen LogP contribution in [0.25, 0.3) is 0 Å². The van der Waals surface area contributed by atoms with Crippen molar-refractivity contribution < 1.29 is 18.1 Å². The summed E-state index contributed by atoms with van der Waals surface area (Å²) in [5.41, 5.74) is 1.77. The van der Waals surface area contributed by atoms with Crippen LogP contribution in [-0.2, 0) is 9.09 Å². The van der Waals surface area contributed by atoms with E-state index in [1.807, 2.05) is 57.2 Å². The quantitative estimate of drug-likeness (QED) is 0.299. The molecule has 1 atom stereocenters. The van der Waals surface area contributed by atoms with Crippen LogP contribution in [0.15, 0.2) is 48.5 Å². The lowest BCUT2D eigenvalue weighted by atomic mass is 10.1. The Bertz CT molecular complexity index is 708. The fourth-order valence-electron chi connectivity index (χ4n) is 2.76. The predicted molar refractivity (Wildman–Crippen MR) is 111 cm³/mol. The molecule has 0 bridgehead atoms. The highest BCUT2D eigenvalue weighted by Gasteiger charge is 2.35. The molecule has 148 valence electrons. The molecule has 2 aromatic carbocycles. The zero-order valence-electron chi connectivity index (χ0n) is 16.8. The average molecular weight is 390 g/mol. The second kappa shape index (κ2) is 10.5. The lowest BCUT2D eigenvalue weighted by Gasteiger charge is -2.25. The van der Waals surface area contributed by atoms with Gasteiger partial charge in [0.15, 0.2) is 0 Å². The van der Waals surface area contributed by atoms with Crippen molar-refractivity contribution in [3.8, 4) is 11.5 Å². The fourth-order valence-corrected chi connectivity index (χ4v) is 4.39. The Morgan fingerprint density at radius 1 is 0.852 bits per heavy atom. The summed E-state index contributed by atoms with van der Waals surface area (Å²) in [6, 6.07) is 14.9. The number of rotatable bonds is 11. The first-order valence-corrected chi connectivity index (χ1v) is 11.2. The van der Waals surface area contributed by atoms with Gasteiger partial charge in [0.25, 0.3) is 0 Å². The van der Waals surface area contributed by atoms with E-state index in [0.29, 0.717) is 11.5 Å². The summed E-state index contributed by atoms with van der Waals surface area (Å²) in [4.78, 5) is 0. The zero-order chi connectivity index (χ0) is 19.7. The molecule has 1 unspecified atom stereocenters. The molecule has 4 nitrogen and oxygen atoms in total. The normalized spacial score (nSPS) is 12.6. The maximum atomic E-state index is 13.6. The summed E-state index contributed by atoms with van der Waals surface area (Å²) in [5, 5.41) is 0. The molecule has 5 heteroatoms. The number of unbranched alkanes of at least 4 members (excludes halogenated alkanes) is 2. The summed E-state index contributed by atoms with van der Waals surface area (Å²) in [7, 11) is -3.84. The van der Waals surface area contributed by atoms with E-state index in [-0.39, 0.29) is 6.10 Å². The molecule has 0 saturated heterocycles. The van der Waals surface area contributed by atoms with Crippen LogP contribution in [-0.4, -0.2) is 6.10 Å². The van der Waals surface area contributed by atoms with E-state index in [0.717, 1.165) is 43.2 Å². The molecule has 0 fully saturated rings. The van der Waals surface area contributed by atoms with Crippen molar-refractivity contribution in [2.75, 3.05) is 0 Å². The van der Waals surface area contributed by atoms with Crippen LogP contribution < -0.4 is 9.05 Å². The van der Waals surface area contributed by atoms with E-state index in [1.165, 1.54) is 0 Å². The van der Waals surface area contributed by atoms with Crippen molar-refractivity contribution in [2.24, 2.45) is 0 Å². The highest BCUT2D eigenvalue weighted by molar-refractivity contribution is 7.49. The molecule has 0 N–H and O–H groups in total. The predicted octanol–water partition coefficient (Wildman–Crippen LogP) is 7.24. The molecule has 2 rings (SSSR count). The van der Waals surface area contributed by atoms with Gasteiger partial charge in [-0.2, -0.15) is 0 Å². The van der Waals surface area contributed by atoms with E-state index >= 15 is 0 Å². The van der Waals surface area contributed by atoms with Gasteiger partial charge in [-0.1, -0.05) is 69.5 Å². The number of phosphoric acid groups is 1. The molecule has 0 heterocycles. The third kappa shape index (κ3) is 6.71. The molecule has 0 radical (unpaired) electrons. The van der Waals surface area contributed by atoms with Gasteiger partial charge in [-0.3, -0.25) is 4.52 Å². The van der Waals surface area contributed by atoms with E-state index in [9.17, 15) is 4.57 Å². The SMILES string of the molecule is CCCCCC(CC)OP(=O)(Oc1ccccc1C)Oc1ccccc1C. The van der Waals surface area contributed by atoms with Crippen LogP contribution >= 0.6 is 7.82 Å². The van der Waals surface area contributed by atoms with Crippen molar-refractivity contribution in [1.29, 1.82) is 0 Å². The molecular formula is C22H31O4P. The largest absolute Gasteiger partial charge is 0.587 e. The van der Waals surface area contributed by atoms with Crippen molar-refractivity contribution in [3.05, 3.63) is 59.7 Å². The Morgan fingerprint density at radius 3 is 1.81 bits per heavy atom. The maximum Gasteiger partial charge on any atom is 0.587 e. The van der Waals surface area contributed by atoms with Gasteiger partial charge in [0.1, 0.15) is 11.5 Å². The first-order chi connectivity index (χ1) is 13.0. The molecule has 27 heavy (non-hydrogen) atoms. The van der Waals surface area contributed by atoms with Gasteiger partial charge in [0, 0.05) is 0 Å². The van der Waals surface area contributed by atoms with Crippen molar-refractivity contribution >= 4 is 7.82 Å². The fraction of sp³-hybridized carbons (Fsp3) is 0.455. The Balaban J connectivity index is 2.25. The lowest BCUT2D eigenvalue weighted by Crippen LogP contribution is -2.16. The summed E-state index contributed by atoms with van der Waals surface area (Å²) >= 11 is 0. The highest BCUT2D eigenvalue weighted by Crippen LogP contribution is 2.52. The van der Waals surface area contributed by atoms with Gasteiger partial charge in [0.2, 0.25) is 0 Å². The number of benzene rings is 2. The molecule has 0 aromatic heterocycles. The van der Waals surface area contributed by atoms with Crippen molar-refractivity contribution in [1.82, 2.24) is 0 Å². The van der Waals surface area contributed by atoms with E-state index in [1.54, 1.807) is 12.1 Å². The van der Waals surface area contributed by atoms with Crippen LogP contribution in [0.2, 0.25) is 0 Å². The molecule has 2 aromatic rings. The van der Waals surface area contributed by atoms with Gasteiger partial charge in [-0.05, 0) is 49.9 Å². The topological polar surface area (TPSA) is 44.8 Å².